The minimum Gasteiger partial charge on any atom is -0.519 e. The fourth-order valence-electron chi connectivity index (χ4n) is 1.74. The van der Waals surface area contributed by atoms with Gasteiger partial charge in [-0.2, -0.15) is 0 Å². The average molecular weight is 268 g/mol. The zero-order valence-corrected chi connectivity index (χ0v) is 13.1. The van der Waals surface area contributed by atoms with Gasteiger partial charge in [-0.05, 0) is 44.6 Å². The molecule has 0 N–H and O–H groups in total. The highest BCUT2D eigenvalue weighted by atomic mass is 28.4. The van der Waals surface area contributed by atoms with E-state index in [0.29, 0.717) is 12.6 Å². The highest BCUT2D eigenvalue weighted by Gasteiger charge is 2.24. The van der Waals surface area contributed by atoms with Gasteiger partial charge in [-0.25, -0.2) is 0 Å². The molecule has 0 radical (unpaired) electrons. The first-order chi connectivity index (χ1) is 8.37. The van der Waals surface area contributed by atoms with Crippen molar-refractivity contribution in [1.82, 2.24) is 0 Å². The molecule has 0 fully saturated rings. The molecule has 0 aromatic rings. The molecular formula is C14H24O3Si. The van der Waals surface area contributed by atoms with Crippen molar-refractivity contribution in [3.8, 4) is 0 Å². The van der Waals surface area contributed by atoms with E-state index in [0.717, 1.165) is 29.7 Å². The number of rotatable bonds is 5. The molecule has 0 aromatic heterocycles. The van der Waals surface area contributed by atoms with Crippen LogP contribution in [-0.4, -0.2) is 22.0 Å². The Morgan fingerprint density at radius 3 is 2.44 bits per heavy atom. The average Bonchev–Trinajstić information content (AvgIpc) is 2.26. The number of ether oxygens (including phenoxy) is 2. The Kier molecular flexibility index (Phi) is 5.08. The third kappa shape index (κ3) is 4.26. The smallest absolute Gasteiger partial charge is 0.269 e. The lowest BCUT2D eigenvalue weighted by molar-refractivity contribution is 0.107. The Hall–Kier alpha value is -1.16. The van der Waals surface area contributed by atoms with Gasteiger partial charge in [0.15, 0.2) is 0 Å². The first-order valence-corrected chi connectivity index (χ1v) is 9.77. The van der Waals surface area contributed by atoms with E-state index in [4.69, 9.17) is 13.9 Å². The van der Waals surface area contributed by atoms with Gasteiger partial charge >= 0.3 is 0 Å². The lowest BCUT2D eigenvalue weighted by Gasteiger charge is -2.26. The predicted octanol–water partition coefficient (Wildman–Crippen LogP) is 3.97. The van der Waals surface area contributed by atoms with Gasteiger partial charge in [0.25, 0.3) is 5.95 Å². The summed E-state index contributed by atoms with van der Waals surface area (Å²) in [4.78, 5) is 0. The highest BCUT2D eigenvalue weighted by Crippen LogP contribution is 2.31. The number of allylic oxidation sites excluding steroid dienone is 4. The number of hydrogen-bond acceptors (Lipinski definition) is 3. The molecule has 1 rings (SSSR count). The maximum absolute atomic E-state index is 6.02. The zero-order chi connectivity index (χ0) is 13.8. The second-order valence-corrected chi connectivity index (χ2v) is 9.68. The van der Waals surface area contributed by atoms with Gasteiger partial charge in [0.2, 0.25) is 8.32 Å². The maximum atomic E-state index is 6.02. The summed E-state index contributed by atoms with van der Waals surface area (Å²) >= 11 is 0. The number of hydrogen-bond donors (Lipinski definition) is 0. The molecule has 0 saturated carbocycles. The van der Waals surface area contributed by atoms with Crippen LogP contribution < -0.4 is 0 Å². The van der Waals surface area contributed by atoms with Gasteiger partial charge in [-0.3, -0.25) is 0 Å². The van der Waals surface area contributed by atoms with Crippen LogP contribution in [0.3, 0.4) is 0 Å². The molecule has 0 atom stereocenters. The standard InChI is InChI=1S/C14H24O3Si/c1-7-16-14(17-18(4,5)6)13-9-8-12(15-3)10-11(13)2/h10H,2,7-9H2,1,3-6H3/b14-13+. The van der Waals surface area contributed by atoms with Crippen molar-refractivity contribution < 1.29 is 13.9 Å². The molecule has 0 spiro atoms. The van der Waals surface area contributed by atoms with Crippen LogP contribution in [-0.2, 0) is 13.9 Å². The second kappa shape index (κ2) is 6.14. The van der Waals surface area contributed by atoms with E-state index in [9.17, 15) is 0 Å². The molecule has 0 unspecified atom stereocenters. The van der Waals surface area contributed by atoms with E-state index in [2.05, 4.69) is 26.2 Å². The second-order valence-electron chi connectivity index (χ2n) is 5.25. The first kappa shape index (κ1) is 14.9. The summed E-state index contributed by atoms with van der Waals surface area (Å²) in [5, 5.41) is 0. The molecule has 0 amide bonds. The van der Waals surface area contributed by atoms with Gasteiger partial charge in [0.05, 0.1) is 19.5 Å². The molecular weight excluding hydrogens is 244 g/mol. The van der Waals surface area contributed by atoms with E-state index in [-0.39, 0.29) is 0 Å². The molecule has 3 nitrogen and oxygen atoms in total. The predicted molar refractivity (Wildman–Crippen MR) is 76.5 cm³/mol. The van der Waals surface area contributed by atoms with Gasteiger partial charge in [0.1, 0.15) is 0 Å². The quantitative estimate of drug-likeness (QED) is 0.558. The van der Waals surface area contributed by atoms with Crippen molar-refractivity contribution in [2.45, 2.75) is 39.4 Å². The third-order valence-corrected chi connectivity index (χ3v) is 3.32. The van der Waals surface area contributed by atoms with Crippen LogP contribution in [0, 0.1) is 0 Å². The van der Waals surface area contributed by atoms with Crippen LogP contribution >= 0.6 is 0 Å². The van der Waals surface area contributed by atoms with E-state index in [1.54, 1.807) is 7.11 Å². The molecule has 102 valence electrons. The summed E-state index contributed by atoms with van der Waals surface area (Å²) in [6, 6.07) is 0. The molecule has 18 heavy (non-hydrogen) atoms. The molecule has 4 heteroatoms. The lowest BCUT2D eigenvalue weighted by atomic mass is 9.96. The van der Waals surface area contributed by atoms with E-state index in [1.807, 2.05) is 13.0 Å². The topological polar surface area (TPSA) is 27.7 Å². The SMILES string of the molecule is C=C1C=C(OC)CC/C1=C(/OCC)O[Si](C)(C)C. The largest absolute Gasteiger partial charge is 0.519 e. The molecule has 0 bridgehead atoms. The Balaban J connectivity index is 2.99. The number of methoxy groups -OCH3 is 1. The van der Waals surface area contributed by atoms with Crippen molar-refractivity contribution in [2.75, 3.05) is 13.7 Å². The Bertz CT molecular complexity index is 375. The lowest BCUT2D eigenvalue weighted by Crippen LogP contribution is -2.26. The monoisotopic (exact) mass is 268 g/mol. The van der Waals surface area contributed by atoms with Crippen LogP contribution in [0.25, 0.3) is 0 Å². The minimum atomic E-state index is -1.67. The van der Waals surface area contributed by atoms with Crippen LogP contribution in [0.2, 0.25) is 19.6 Å². The van der Waals surface area contributed by atoms with E-state index in [1.165, 1.54) is 0 Å². The van der Waals surface area contributed by atoms with Gasteiger partial charge in [-0.15, -0.1) is 0 Å². The van der Waals surface area contributed by atoms with Crippen molar-refractivity contribution in [3.63, 3.8) is 0 Å². The molecule has 0 saturated heterocycles. The van der Waals surface area contributed by atoms with Crippen molar-refractivity contribution in [3.05, 3.63) is 35.5 Å². The third-order valence-electron chi connectivity index (χ3n) is 2.53. The summed E-state index contributed by atoms with van der Waals surface area (Å²) in [7, 11) is 0.0180. The normalized spacial score (nSPS) is 19.2. The van der Waals surface area contributed by atoms with Crippen molar-refractivity contribution >= 4 is 8.32 Å². The summed E-state index contributed by atoms with van der Waals surface area (Å²) < 4.78 is 16.9. The van der Waals surface area contributed by atoms with Gasteiger partial charge < -0.3 is 13.9 Å². The molecule has 0 heterocycles. The van der Waals surface area contributed by atoms with E-state index >= 15 is 0 Å². The van der Waals surface area contributed by atoms with Gasteiger partial charge in [-0.1, -0.05) is 6.58 Å². The first-order valence-electron chi connectivity index (χ1n) is 6.36. The fourth-order valence-corrected chi connectivity index (χ4v) is 2.48. The van der Waals surface area contributed by atoms with Crippen molar-refractivity contribution in [2.24, 2.45) is 0 Å². The Labute approximate surface area is 111 Å². The molecule has 1 aliphatic rings. The maximum Gasteiger partial charge on any atom is 0.269 e. The summed E-state index contributed by atoms with van der Waals surface area (Å²) in [5.41, 5.74) is 2.00. The molecule has 1 aliphatic carbocycles. The zero-order valence-electron chi connectivity index (χ0n) is 12.1. The van der Waals surface area contributed by atoms with Crippen LogP contribution in [0.4, 0.5) is 0 Å². The summed E-state index contributed by atoms with van der Waals surface area (Å²) in [5.74, 6) is 1.63. The summed E-state index contributed by atoms with van der Waals surface area (Å²) in [6.07, 6.45) is 3.69. The van der Waals surface area contributed by atoms with Crippen LogP contribution in [0.15, 0.2) is 35.5 Å². The Morgan fingerprint density at radius 2 is 2.00 bits per heavy atom. The molecule has 0 aliphatic heterocycles. The minimum absolute atomic E-state index is 0.609. The fraction of sp³-hybridized carbons (Fsp3) is 0.571. The highest BCUT2D eigenvalue weighted by molar-refractivity contribution is 6.70. The van der Waals surface area contributed by atoms with Crippen molar-refractivity contribution in [1.29, 1.82) is 0 Å². The Morgan fingerprint density at radius 1 is 1.33 bits per heavy atom. The molecule has 0 aromatic carbocycles. The van der Waals surface area contributed by atoms with Gasteiger partial charge in [0, 0.05) is 12.0 Å². The van der Waals surface area contributed by atoms with Crippen LogP contribution in [0.5, 0.6) is 0 Å². The van der Waals surface area contributed by atoms with E-state index < -0.39 is 8.32 Å². The van der Waals surface area contributed by atoms with Crippen LogP contribution in [0.1, 0.15) is 19.8 Å². The summed E-state index contributed by atoms with van der Waals surface area (Å²) in [6.45, 7) is 13.1.